The van der Waals surface area contributed by atoms with E-state index in [9.17, 15) is 4.79 Å². The number of rotatable bonds is 4. The van der Waals surface area contributed by atoms with E-state index in [-0.39, 0.29) is 11.9 Å². The van der Waals surface area contributed by atoms with Gasteiger partial charge in [0.2, 0.25) is 0 Å². The zero-order valence-corrected chi connectivity index (χ0v) is 15.5. The lowest BCUT2D eigenvalue weighted by molar-refractivity contribution is 0.0925. The van der Waals surface area contributed by atoms with Crippen LogP contribution < -0.4 is 15.0 Å². The van der Waals surface area contributed by atoms with E-state index >= 15 is 0 Å². The highest BCUT2D eigenvalue weighted by atomic mass is 79.9. The molecular weight excluding hydrogens is 368 g/mol. The minimum atomic E-state index is -0.0569. The van der Waals surface area contributed by atoms with Gasteiger partial charge < -0.3 is 15.0 Å². The monoisotopic (exact) mass is 388 g/mol. The summed E-state index contributed by atoms with van der Waals surface area (Å²) in [6, 6.07) is 13.6. The van der Waals surface area contributed by atoms with Crippen molar-refractivity contribution in [2.75, 3.05) is 25.1 Å². The highest BCUT2D eigenvalue weighted by Gasteiger charge is 2.23. The molecule has 1 atom stereocenters. The molecule has 2 aromatic carbocycles. The molecule has 1 unspecified atom stereocenters. The molecule has 0 aliphatic carbocycles. The molecule has 5 heteroatoms. The van der Waals surface area contributed by atoms with Gasteiger partial charge in [0.1, 0.15) is 5.75 Å². The van der Waals surface area contributed by atoms with Crippen molar-refractivity contribution in [1.29, 1.82) is 0 Å². The molecule has 126 valence electrons. The van der Waals surface area contributed by atoms with Crippen molar-refractivity contribution >= 4 is 27.5 Å². The molecule has 2 aromatic rings. The maximum Gasteiger partial charge on any atom is 0.251 e. The van der Waals surface area contributed by atoms with Crippen molar-refractivity contribution in [3.63, 3.8) is 0 Å². The Labute approximate surface area is 150 Å². The van der Waals surface area contributed by atoms with Crippen molar-refractivity contribution < 1.29 is 9.53 Å². The molecule has 0 aromatic heterocycles. The van der Waals surface area contributed by atoms with Crippen molar-refractivity contribution in [2.24, 2.45) is 0 Å². The topological polar surface area (TPSA) is 41.6 Å². The molecule has 0 fully saturated rings. The van der Waals surface area contributed by atoms with Gasteiger partial charge in [-0.1, -0.05) is 15.9 Å². The lowest BCUT2D eigenvalue weighted by Gasteiger charge is -2.27. The predicted molar refractivity (Wildman–Crippen MR) is 99.8 cm³/mol. The second-order valence-corrected chi connectivity index (χ2v) is 6.82. The van der Waals surface area contributed by atoms with Gasteiger partial charge in [-0.05, 0) is 49.4 Å². The van der Waals surface area contributed by atoms with Crippen LogP contribution in [0.2, 0.25) is 0 Å². The van der Waals surface area contributed by atoms with Crippen LogP contribution in [0.25, 0.3) is 0 Å². The molecule has 0 bridgehead atoms. The maximum atomic E-state index is 12.6. The number of halogens is 1. The van der Waals surface area contributed by atoms with Crippen LogP contribution in [-0.2, 0) is 0 Å². The quantitative estimate of drug-likeness (QED) is 0.854. The molecule has 1 N–H and O–H groups in total. The van der Waals surface area contributed by atoms with Gasteiger partial charge in [0.15, 0.2) is 0 Å². The first-order valence-electron chi connectivity index (χ1n) is 8.13. The number of fused-ring (bicyclic) bond motifs is 1. The minimum absolute atomic E-state index is 0.0308. The van der Waals surface area contributed by atoms with Gasteiger partial charge in [0.05, 0.1) is 12.6 Å². The number of ether oxygens (including phenoxy) is 1. The van der Waals surface area contributed by atoms with Crippen molar-refractivity contribution in [3.05, 3.63) is 58.1 Å². The number of hydrogen-bond donors (Lipinski definition) is 1. The van der Waals surface area contributed by atoms with Crippen molar-refractivity contribution in [2.45, 2.75) is 19.4 Å². The summed E-state index contributed by atoms with van der Waals surface area (Å²) >= 11 is 3.48. The second kappa shape index (κ2) is 7.26. The summed E-state index contributed by atoms with van der Waals surface area (Å²) in [5.41, 5.74) is 2.80. The first kappa shape index (κ1) is 16.8. The van der Waals surface area contributed by atoms with E-state index in [1.165, 1.54) is 0 Å². The van der Waals surface area contributed by atoms with Crippen LogP contribution in [-0.4, -0.2) is 26.1 Å². The fourth-order valence-electron chi connectivity index (χ4n) is 2.81. The van der Waals surface area contributed by atoms with E-state index in [4.69, 9.17) is 4.74 Å². The number of benzene rings is 2. The van der Waals surface area contributed by atoms with Crippen LogP contribution in [0.1, 0.15) is 35.3 Å². The van der Waals surface area contributed by atoms with Gasteiger partial charge in [-0.2, -0.15) is 0 Å². The van der Waals surface area contributed by atoms with E-state index in [1.54, 1.807) is 0 Å². The Bertz CT molecular complexity index is 731. The standard InChI is InChI=1S/C19H21BrN2O2/c1-3-22(2)15-7-4-13(5-8-15)19(23)21-17-10-11-24-18-9-6-14(20)12-16(17)18/h4-9,12,17H,3,10-11H2,1-2H3,(H,21,23). The normalized spacial score (nSPS) is 16.0. The highest BCUT2D eigenvalue weighted by molar-refractivity contribution is 9.10. The minimum Gasteiger partial charge on any atom is -0.493 e. The van der Waals surface area contributed by atoms with Gasteiger partial charge in [0.25, 0.3) is 5.91 Å². The summed E-state index contributed by atoms with van der Waals surface area (Å²) in [6.07, 6.45) is 0.770. The summed E-state index contributed by atoms with van der Waals surface area (Å²) in [4.78, 5) is 14.7. The Morgan fingerprint density at radius 3 is 2.75 bits per heavy atom. The molecule has 0 radical (unpaired) electrons. The van der Waals surface area contributed by atoms with Gasteiger partial charge in [-0.15, -0.1) is 0 Å². The zero-order valence-electron chi connectivity index (χ0n) is 13.9. The van der Waals surface area contributed by atoms with Crippen LogP contribution in [0.5, 0.6) is 5.75 Å². The average molecular weight is 389 g/mol. The van der Waals surface area contributed by atoms with Gasteiger partial charge in [-0.3, -0.25) is 4.79 Å². The smallest absolute Gasteiger partial charge is 0.251 e. The number of nitrogens with one attached hydrogen (secondary N) is 1. The molecule has 0 saturated carbocycles. The summed E-state index contributed by atoms with van der Waals surface area (Å²) < 4.78 is 6.66. The Kier molecular flexibility index (Phi) is 5.09. The number of hydrogen-bond acceptors (Lipinski definition) is 3. The molecule has 0 spiro atoms. The third-order valence-electron chi connectivity index (χ3n) is 4.36. The summed E-state index contributed by atoms with van der Waals surface area (Å²) in [7, 11) is 2.03. The molecule has 1 aliphatic rings. The van der Waals surface area contributed by atoms with Gasteiger partial charge in [0, 0.05) is 41.3 Å². The SMILES string of the molecule is CCN(C)c1ccc(C(=O)NC2CCOc3ccc(Br)cc32)cc1. The number of carbonyl (C=O) groups is 1. The van der Waals surface area contributed by atoms with E-state index < -0.39 is 0 Å². The Hall–Kier alpha value is -2.01. The fourth-order valence-corrected chi connectivity index (χ4v) is 3.19. The van der Waals surface area contributed by atoms with E-state index in [0.717, 1.165) is 34.4 Å². The van der Waals surface area contributed by atoms with Crippen LogP contribution in [0.3, 0.4) is 0 Å². The third-order valence-corrected chi connectivity index (χ3v) is 4.85. The molecule has 3 rings (SSSR count). The molecule has 1 amide bonds. The Morgan fingerprint density at radius 1 is 1.29 bits per heavy atom. The number of anilines is 1. The first-order chi connectivity index (χ1) is 11.6. The van der Waals surface area contributed by atoms with Crippen molar-refractivity contribution in [3.8, 4) is 5.75 Å². The van der Waals surface area contributed by atoms with E-state index in [0.29, 0.717) is 12.2 Å². The average Bonchev–Trinajstić information content (AvgIpc) is 2.61. The molecule has 1 heterocycles. The largest absolute Gasteiger partial charge is 0.493 e. The lowest BCUT2D eigenvalue weighted by atomic mass is 10.00. The molecular formula is C19H21BrN2O2. The first-order valence-corrected chi connectivity index (χ1v) is 8.92. The number of nitrogens with zero attached hydrogens (tertiary/aromatic N) is 1. The Balaban J connectivity index is 1.75. The predicted octanol–water partition coefficient (Wildman–Crippen LogP) is 4.16. The Morgan fingerprint density at radius 2 is 2.04 bits per heavy atom. The van der Waals surface area contributed by atoms with E-state index in [1.807, 2.05) is 49.5 Å². The summed E-state index contributed by atoms with van der Waals surface area (Å²) in [5, 5.41) is 3.13. The highest BCUT2D eigenvalue weighted by Crippen LogP contribution is 2.34. The summed E-state index contributed by atoms with van der Waals surface area (Å²) in [5.74, 6) is 0.785. The molecule has 4 nitrogen and oxygen atoms in total. The number of amides is 1. The number of carbonyl (C=O) groups excluding carboxylic acids is 1. The fraction of sp³-hybridized carbons (Fsp3) is 0.316. The van der Waals surface area contributed by atoms with Crippen LogP contribution >= 0.6 is 15.9 Å². The summed E-state index contributed by atoms with van der Waals surface area (Å²) in [6.45, 7) is 3.64. The lowest BCUT2D eigenvalue weighted by Crippen LogP contribution is -2.32. The van der Waals surface area contributed by atoms with Gasteiger partial charge in [-0.25, -0.2) is 0 Å². The molecule has 1 aliphatic heterocycles. The second-order valence-electron chi connectivity index (χ2n) is 5.91. The maximum absolute atomic E-state index is 12.6. The van der Waals surface area contributed by atoms with E-state index in [2.05, 4.69) is 33.1 Å². The zero-order chi connectivity index (χ0) is 17.1. The van der Waals surface area contributed by atoms with Crippen LogP contribution in [0.15, 0.2) is 46.9 Å². The molecule has 24 heavy (non-hydrogen) atoms. The van der Waals surface area contributed by atoms with Crippen LogP contribution in [0, 0.1) is 0 Å². The third kappa shape index (κ3) is 3.56. The van der Waals surface area contributed by atoms with Crippen molar-refractivity contribution in [1.82, 2.24) is 5.32 Å². The molecule has 0 saturated heterocycles. The van der Waals surface area contributed by atoms with Crippen LogP contribution in [0.4, 0.5) is 5.69 Å². The van der Waals surface area contributed by atoms with Gasteiger partial charge >= 0.3 is 0 Å².